The Bertz CT molecular complexity index is 647. The summed E-state index contributed by atoms with van der Waals surface area (Å²) < 4.78 is 10.8. The molecule has 2 aliphatic heterocycles. The quantitative estimate of drug-likeness (QED) is 0.845. The van der Waals surface area contributed by atoms with Crippen LogP contribution in [-0.4, -0.2) is 24.9 Å². The molecule has 1 fully saturated rings. The van der Waals surface area contributed by atoms with Crippen molar-refractivity contribution in [3.63, 3.8) is 0 Å². The second kappa shape index (κ2) is 5.22. The molecule has 1 saturated heterocycles. The Morgan fingerprint density at radius 3 is 2.86 bits per heavy atom. The van der Waals surface area contributed by atoms with E-state index in [2.05, 4.69) is 17.2 Å². The van der Waals surface area contributed by atoms with E-state index in [4.69, 9.17) is 14.5 Å². The van der Waals surface area contributed by atoms with E-state index < -0.39 is 0 Å². The van der Waals surface area contributed by atoms with Gasteiger partial charge < -0.3 is 14.4 Å². The average Bonchev–Trinajstić information content (AvgIpc) is 3.16. The van der Waals surface area contributed by atoms with E-state index in [-0.39, 0.29) is 0 Å². The van der Waals surface area contributed by atoms with Gasteiger partial charge in [0.25, 0.3) is 0 Å². The number of nitrogens with zero attached hydrogens (tertiary/aromatic N) is 2. The Hall–Kier alpha value is -1.75. The van der Waals surface area contributed by atoms with Crippen LogP contribution in [0.3, 0.4) is 0 Å². The number of benzene rings is 1. The van der Waals surface area contributed by atoms with Crippen LogP contribution >= 0.6 is 11.3 Å². The summed E-state index contributed by atoms with van der Waals surface area (Å²) >= 11 is 1.73. The molecule has 4 rings (SSSR count). The smallest absolute Gasteiger partial charge is 0.231 e. The van der Waals surface area contributed by atoms with Gasteiger partial charge in [0.15, 0.2) is 16.6 Å². The van der Waals surface area contributed by atoms with Gasteiger partial charge in [-0.25, -0.2) is 4.98 Å². The van der Waals surface area contributed by atoms with Gasteiger partial charge in [-0.1, -0.05) is 6.92 Å². The molecule has 0 atom stereocenters. The first-order chi connectivity index (χ1) is 10.3. The number of piperidine rings is 1. The topological polar surface area (TPSA) is 34.6 Å². The Morgan fingerprint density at radius 2 is 2.00 bits per heavy atom. The fourth-order valence-electron chi connectivity index (χ4n) is 2.80. The monoisotopic (exact) mass is 302 g/mol. The van der Waals surface area contributed by atoms with E-state index in [9.17, 15) is 0 Å². The molecule has 0 amide bonds. The average molecular weight is 302 g/mol. The van der Waals surface area contributed by atoms with E-state index in [0.717, 1.165) is 46.9 Å². The predicted octanol–water partition coefficient (Wildman–Crippen LogP) is 3.78. The molecule has 0 saturated carbocycles. The van der Waals surface area contributed by atoms with E-state index >= 15 is 0 Å². The first-order valence-electron chi connectivity index (χ1n) is 7.40. The maximum Gasteiger partial charge on any atom is 0.231 e. The summed E-state index contributed by atoms with van der Waals surface area (Å²) in [6.45, 7) is 4.88. The van der Waals surface area contributed by atoms with Crippen molar-refractivity contribution in [1.29, 1.82) is 0 Å². The van der Waals surface area contributed by atoms with Crippen molar-refractivity contribution in [3.05, 3.63) is 23.6 Å². The van der Waals surface area contributed by atoms with Gasteiger partial charge in [-0.05, 0) is 37.0 Å². The number of rotatable bonds is 2. The molecule has 0 bridgehead atoms. The van der Waals surface area contributed by atoms with Crippen LogP contribution in [0.5, 0.6) is 11.5 Å². The Balaban J connectivity index is 1.57. The van der Waals surface area contributed by atoms with E-state index in [0.29, 0.717) is 6.79 Å². The molecule has 4 nitrogen and oxygen atoms in total. The van der Waals surface area contributed by atoms with Crippen LogP contribution in [0.1, 0.15) is 19.8 Å². The molecule has 0 unspecified atom stereocenters. The van der Waals surface area contributed by atoms with Crippen molar-refractivity contribution in [3.8, 4) is 22.8 Å². The highest BCUT2D eigenvalue weighted by atomic mass is 32.1. The minimum absolute atomic E-state index is 0.313. The number of hydrogen-bond donors (Lipinski definition) is 0. The summed E-state index contributed by atoms with van der Waals surface area (Å²) in [5.74, 6) is 2.47. The van der Waals surface area contributed by atoms with Crippen molar-refractivity contribution in [2.45, 2.75) is 19.8 Å². The van der Waals surface area contributed by atoms with Crippen LogP contribution in [0.15, 0.2) is 23.6 Å². The van der Waals surface area contributed by atoms with Crippen molar-refractivity contribution in [2.24, 2.45) is 5.92 Å². The van der Waals surface area contributed by atoms with E-state index in [1.807, 2.05) is 18.2 Å². The summed E-state index contributed by atoms with van der Waals surface area (Å²) in [5.41, 5.74) is 2.11. The molecule has 5 heteroatoms. The van der Waals surface area contributed by atoms with E-state index in [1.54, 1.807) is 11.3 Å². The molecule has 0 radical (unpaired) electrons. The van der Waals surface area contributed by atoms with Crippen LogP contribution in [-0.2, 0) is 0 Å². The van der Waals surface area contributed by atoms with Crippen LogP contribution in [0, 0.1) is 5.92 Å². The highest BCUT2D eigenvalue weighted by molar-refractivity contribution is 7.14. The molecule has 3 heterocycles. The lowest BCUT2D eigenvalue weighted by Crippen LogP contribution is -2.32. The third-order valence-corrected chi connectivity index (χ3v) is 5.12. The minimum Gasteiger partial charge on any atom is -0.454 e. The fourth-order valence-corrected chi connectivity index (χ4v) is 3.69. The summed E-state index contributed by atoms with van der Waals surface area (Å²) in [6, 6.07) is 6.02. The number of thiazole rings is 1. The highest BCUT2D eigenvalue weighted by Crippen LogP contribution is 2.37. The van der Waals surface area contributed by atoms with Crippen LogP contribution in [0.25, 0.3) is 11.3 Å². The molecule has 1 aromatic carbocycles. The Labute approximate surface area is 128 Å². The molecule has 21 heavy (non-hydrogen) atoms. The Morgan fingerprint density at radius 1 is 1.19 bits per heavy atom. The predicted molar refractivity (Wildman–Crippen MR) is 84.3 cm³/mol. The second-order valence-corrected chi connectivity index (χ2v) is 6.59. The van der Waals surface area contributed by atoms with Gasteiger partial charge in [0.1, 0.15) is 0 Å². The van der Waals surface area contributed by atoms with E-state index in [1.165, 1.54) is 12.8 Å². The van der Waals surface area contributed by atoms with Gasteiger partial charge in [-0.15, -0.1) is 11.3 Å². The number of anilines is 1. The third kappa shape index (κ3) is 2.46. The normalized spacial score (nSPS) is 18.2. The lowest BCUT2D eigenvalue weighted by molar-refractivity contribution is 0.174. The maximum atomic E-state index is 5.44. The lowest BCUT2D eigenvalue weighted by atomic mass is 10.00. The SMILES string of the molecule is CC1CCN(c2nc(-c3ccc4c(c3)OCO4)cs2)CC1. The number of ether oxygens (including phenoxy) is 2. The van der Waals surface area contributed by atoms with Crippen molar-refractivity contribution < 1.29 is 9.47 Å². The molecule has 0 spiro atoms. The zero-order chi connectivity index (χ0) is 14.2. The molecule has 0 aliphatic carbocycles. The van der Waals surface area contributed by atoms with Gasteiger partial charge in [0.2, 0.25) is 6.79 Å². The zero-order valence-corrected chi connectivity index (χ0v) is 12.9. The van der Waals surface area contributed by atoms with Crippen molar-refractivity contribution in [2.75, 3.05) is 24.8 Å². The second-order valence-electron chi connectivity index (χ2n) is 5.75. The van der Waals surface area contributed by atoms with Gasteiger partial charge in [-0.2, -0.15) is 0 Å². The summed E-state index contributed by atoms with van der Waals surface area (Å²) in [4.78, 5) is 7.21. The molecule has 2 aliphatic rings. The molecular weight excluding hydrogens is 284 g/mol. The zero-order valence-electron chi connectivity index (χ0n) is 12.0. The van der Waals surface area contributed by atoms with Gasteiger partial charge >= 0.3 is 0 Å². The highest BCUT2D eigenvalue weighted by Gasteiger charge is 2.19. The maximum absolute atomic E-state index is 5.44. The number of aromatic nitrogens is 1. The van der Waals surface area contributed by atoms with Crippen molar-refractivity contribution >= 4 is 16.5 Å². The fraction of sp³-hybridized carbons (Fsp3) is 0.438. The van der Waals surface area contributed by atoms with Crippen molar-refractivity contribution in [1.82, 2.24) is 4.98 Å². The number of fused-ring (bicyclic) bond motifs is 1. The summed E-state index contributed by atoms with van der Waals surface area (Å²) in [7, 11) is 0. The van der Waals surface area contributed by atoms with Crippen LogP contribution in [0.4, 0.5) is 5.13 Å². The van der Waals surface area contributed by atoms with Crippen LogP contribution < -0.4 is 14.4 Å². The minimum atomic E-state index is 0.313. The first-order valence-corrected chi connectivity index (χ1v) is 8.28. The Kier molecular flexibility index (Phi) is 3.22. The molecule has 2 aromatic rings. The number of hydrogen-bond acceptors (Lipinski definition) is 5. The molecular formula is C16H18N2O2S. The molecule has 1 aromatic heterocycles. The largest absolute Gasteiger partial charge is 0.454 e. The summed E-state index contributed by atoms with van der Waals surface area (Å²) in [6.07, 6.45) is 2.53. The molecule has 110 valence electrons. The first kappa shape index (κ1) is 13.0. The van der Waals surface area contributed by atoms with Gasteiger partial charge in [0, 0.05) is 24.0 Å². The third-order valence-electron chi connectivity index (χ3n) is 4.21. The summed E-state index contributed by atoms with van der Waals surface area (Å²) in [5, 5.41) is 3.26. The van der Waals surface area contributed by atoms with Gasteiger partial charge in [-0.3, -0.25) is 0 Å². The van der Waals surface area contributed by atoms with Crippen LogP contribution in [0.2, 0.25) is 0 Å². The lowest BCUT2D eigenvalue weighted by Gasteiger charge is -2.29. The van der Waals surface area contributed by atoms with Gasteiger partial charge in [0.05, 0.1) is 5.69 Å². The molecule has 0 N–H and O–H groups in total. The standard InChI is InChI=1S/C16H18N2O2S/c1-11-4-6-18(7-5-11)16-17-13(9-21-16)12-2-3-14-15(8-12)20-10-19-14/h2-3,8-9,11H,4-7,10H2,1H3.